The van der Waals surface area contributed by atoms with E-state index in [1.807, 2.05) is 6.92 Å². The average molecular weight is 274 g/mol. The lowest BCUT2D eigenvalue weighted by Gasteiger charge is -2.23. The summed E-state index contributed by atoms with van der Waals surface area (Å²) in [5.74, 6) is -0.161. The number of carbonyl (C=O) groups is 1. The van der Waals surface area contributed by atoms with E-state index in [0.717, 1.165) is 37.3 Å². The van der Waals surface area contributed by atoms with Gasteiger partial charge < -0.3 is 10.0 Å². The van der Waals surface area contributed by atoms with Crippen molar-refractivity contribution in [2.75, 3.05) is 18.0 Å². The maximum atomic E-state index is 11.3. The van der Waals surface area contributed by atoms with Gasteiger partial charge in [0.2, 0.25) is 0 Å². The van der Waals surface area contributed by atoms with E-state index in [1.165, 1.54) is 12.8 Å². The van der Waals surface area contributed by atoms with Crippen molar-refractivity contribution in [3.05, 3.63) is 23.5 Å². The molecule has 1 fully saturated rings. The van der Waals surface area contributed by atoms with Crippen LogP contribution < -0.4 is 4.90 Å². The Hall–Kier alpha value is -2.11. The largest absolute Gasteiger partial charge is 0.477 e. The molecule has 0 saturated carbocycles. The Morgan fingerprint density at radius 3 is 2.60 bits per heavy atom. The summed E-state index contributed by atoms with van der Waals surface area (Å²) in [6, 6.07) is 1.63. The van der Waals surface area contributed by atoms with Crippen LogP contribution in [0.1, 0.15) is 41.7 Å². The van der Waals surface area contributed by atoms with E-state index < -0.39 is 5.97 Å². The zero-order valence-corrected chi connectivity index (χ0v) is 11.5. The lowest BCUT2D eigenvalue weighted by molar-refractivity contribution is 0.0690. The van der Waals surface area contributed by atoms with E-state index in [9.17, 15) is 9.90 Å². The van der Waals surface area contributed by atoms with E-state index in [0.29, 0.717) is 5.65 Å². The Bertz CT molecular complexity index is 642. The molecule has 1 aliphatic rings. The summed E-state index contributed by atoms with van der Waals surface area (Å²) in [5, 5.41) is 13.6. The van der Waals surface area contributed by atoms with Gasteiger partial charge in [0.1, 0.15) is 5.82 Å². The number of aryl methyl sites for hydroxylation is 1. The fraction of sp³-hybridized carbons (Fsp3) is 0.500. The molecule has 3 heterocycles. The number of nitrogens with zero attached hydrogens (tertiary/aromatic N) is 4. The van der Waals surface area contributed by atoms with Crippen molar-refractivity contribution in [3.63, 3.8) is 0 Å². The number of carboxylic acids is 1. The summed E-state index contributed by atoms with van der Waals surface area (Å²) in [7, 11) is 0. The molecule has 0 amide bonds. The van der Waals surface area contributed by atoms with Crippen LogP contribution in [-0.2, 0) is 0 Å². The number of aromatic nitrogens is 3. The fourth-order valence-corrected chi connectivity index (χ4v) is 2.69. The summed E-state index contributed by atoms with van der Waals surface area (Å²) in [5.41, 5.74) is 1.61. The predicted molar refractivity (Wildman–Crippen MR) is 75.4 cm³/mol. The molecular formula is C14H18N4O2. The summed E-state index contributed by atoms with van der Waals surface area (Å²) in [6.45, 7) is 3.78. The molecular weight excluding hydrogens is 256 g/mol. The summed E-state index contributed by atoms with van der Waals surface area (Å²) < 4.78 is 1.76. The second-order valence-electron chi connectivity index (χ2n) is 5.27. The van der Waals surface area contributed by atoms with Gasteiger partial charge in [-0.3, -0.25) is 0 Å². The van der Waals surface area contributed by atoms with Crippen molar-refractivity contribution in [2.24, 2.45) is 0 Å². The minimum Gasteiger partial charge on any atom is -0.477 e. The van der Waals surface area contributed by atoms with Crippen LogP contribution in [0.2, 0.25) is 0 Å². The number of carboxylic acid groups (broad SMARTS) is 1. The smallest absolute Gasteiger partial charge is 0.354 e. The summed E-state index contributed by atoms with van der Waals surface area (Å²) in [4.78, 5) is 17.7. The van der Waals surface area contributed by atoms with E-state index >= 15 is 0 Å². The molecule has 0 aliphatic carbocycles. The molecule has 0 radical (unpaired) electrons. The van der Waals surface area contributed by atoms with Gasteiger partial charge in [0.05, 0.1) is 6.20 Å². The predicted octanol–water partition coefficient (Wildman–Crippen LogP) is 2.12. The summed E-state index contributed by atoms with van der Waals surface area (Å²) in [6.07, 6.45) is 6.46. The number of hydrogen-bond donors (Lipinski definition) is 1. The van der Waals surface area contributed by atoms with Gasteiger partial charge in [-0.05, 0) is 19.8 Å². The van der Waals surface area contributed by atoms with Gasteiger partial charge in [0, 0.05) is 24.7 Å². The zero-order valence-electron chi connectivity index (χ0n) is 11.5. The third kappa shape index (κ3) is 2.21. The Morgan fingerprint density at radius 1 is 1.25 bits per heavy atom. The number of anilines is 1. The Kier molecular flexibility index (Phi) is 3.30. The Labute approximate surface area is 117 Å². The Morgan fingerprint density at radius 2 is 1.95 bits per heavy atom. The van der Waals surface area contributed by atoms with Gasteiger partial charge in [-0.15, -0.1) is 0 Å². The molecule has 2 aromatic heterocycles. The van der Waals surface area contributed by atoms with Crippen LogP contribution in [-0.4, -0.2) is 38.8 Å². The molecule has 20 heavy (non-hydrogen) atoms. The first-order chi connectivity index (χ1) is 9.66. The van der Waals surface area contributed by atoms with Crippen molar-refractivity contribution >= 4 is 17.4 Å². The molecule has 0 bridgehead atoms. The van der Waals surface area contributed by atoms with Crippen molar-refractivity contribution in [1.82, 2.24) is 14.6 Å². The second-order valence-corrected chi connectivity index (χ2v) is 5.27. The monoisotopic (exact) mass is 274 g/mol. The van der Waals surface area contributed by atoms with Gasteiger partial charge in [0.15, 0.2) is 11.3 Å². The molecule has 0 aromatic carbocycles. The topological polar surface area (TPSA) is 70.7 Å². The third-order valence-electron chi connectivity index (χ3n) is 3.78. The molecule has 1 saturated heterocycles. The highest BCUT2D eigenvalue weighted by Gasteiger charge is 2.18. The van der Waals surface area contributed by atoms with Gasteiger partial charge in [-0.1, -0.05) is 12.8 Å². The minimum atomic E-state index is -0.996. The average Bonchev–Trinajstić information content (AvgIpc) is 2.67. The molecule has 6 nitrogen and oxygen atoms in total. The highest BCUT2D eigenvalue weighted by molar-refractivity contribution is 5.87. The van der Waals surface area contributed by atoms with Crippen molar-refractivity contribution in [3.8, 4) is 0 Å². The first-order valence-corrected chi connectivity index (χ1v) is 7.00. The maximum Gasteiger partial charge on any atom is 0.354 e. The highest BCUT2D eigenvalue weighted by atomic mass is 16.4. The standard InChI is InChI=1S/C14H18N4O2/c1-10-9-15-18-12(17-6-4-2-3-5-7-17)8-11(14(19)20)16-13(10)18/h8-9H,2-7H2,1H3,(H,19,20). The molecule has 2 aromatic rings. The van der Waals surface area contributed by atoms with Gasteiger partial charge in [-0.25, -0.2) is 9.78 Å². The minimum absolute atomic E-state index is 0.0837. The summed E-state index contributed by atoms with van der Waals surface area (Å²) >= 11 is 0. The first-order valence-electron chi connectivity index (χ1n) is 7.00. The molecule has 1 N–H and O–H groups in total. The number of rotatable bonds is 2. The highest BCUT2D eigenvalue weighted by Crippen LogP contribution is 2.22. The molecule has 3 rings (SSSR count). The van der Waals surface area contributed by atoms with Crippen LogP contribution in [0.3, 0.4) is 0 Å². The van der Waals surface area contributed by atoms with E-state index in [4.69, 9.17) is 0 Å². The second kappa shape index (κ2) is 5.11. The molecule has 106 valence electrons. The number of hydrogen-bond acceptors (Lipinski definition) is 4. The normalized spacial score (nSPS) is 16.4. The third-order valence-corrected chi connectivity index (χ3v) is 3.78. The zero-order chi connectivity index (χ0) is 14.1. The van der Waals surface area contributed by atoms with Crippen LogP contribution >= 0.6 is 0 Å². The number of fused-ring (bicyclic) bond motifs is 1. The molecule has 0 atom stereocenters. The van der Waals surface area contributed by atoms with Crippen molar-refractivity contribution in [1.29, 1.82) is 0 Å². The molecule has 0 spiro atoms. The van der Waals surface area contributed by atoms with Crippen LogP contribution in [0.4, 0.5) is 5.82 Å². The van der Waals surface area contributed by atoms with Crippen LogP contribution in [0.15, 0.2) is 12.3 Å². The van der Waals surface area contributed by atoms with E-state index in [2.05, 4.69) is 15.0 Å². The van der Waals surface area contributed by atoms with Crippen molar-refractivity contribution < 1.29 is 9.90 Å². The van der Waals surface area contributed by atoms with Gasteiger partial charge >= 0.3 is 5.97 Å². The molecule has 6 heteroatoms. The lowest BCUT2D eigenvalue weighted by atomic mass is 10.2. The SMILES string of the molecule is Cc1cnn2c(N3CCCCCC3)cc(C(=O)O)nc12. The van der Waals surface area contributed by atoms with Crippen LogP contribution in [0, 0.1) is 6.92 Å². The quantitative estimate of drug-likeness (QED) is 0.908. The molecule has 1 aliphatic heterocycles. The van der Waals surface area contributed by atoms with Crippen molar-refractivity contribution in [2.45, 2.75) is 32.6 Å². The van der Waals surface area contributed by atoms with E-state index in [1.54, 1.807) is 16.8 Å². The lowest BCUT2D eigenvalue weighted by Crippen LogP contribution is -2.27. The van der Waals surface area contributed by atoms with Gasteiger partial charge in [0.25, 0.3) is 0 Å². The molecule has 0 unspecified atom stereocenters. The van der Waals surface area contributed by atoms with E-state index in [-0.39, 0.29) is 5.69 Å². The maximum absolute atomic E-state index is 11.3. The Balaban J connectivity index is 2.14. The van der Waals surface area contributed by atoms with Crippen LogP contribution in [0.25, 0.3) is 5.65 Å². The van der Waals surface area contributed by atoms with Crippen LogP contribution in [0.5, 0.6) is 0 Å². The number of aromatic carboxylic acids is 1. The first kappa shape index (κ1) is 12.9. The van der Waals surface area contributed by atoms with Gasteiger partial charge in [-0.2, -0.15) is 9.61 Å². The fourth-order valence-electron chi connectivity index (χ4n) is 2.69.